The summed E-state index contributed by atoms with van der Waals surface area (Å²) in [7, 11) is 2.22. The zero-order chi connectivity index (χ0) is 12.6. The smallest absolute Gasteiger partial charge is 0.0155 e. The van der Waals surface area contributed by atoms with Gasteiger partial charge in [-0.15, -0.1) is 6.58 Å². The molecule has 2 atom stereocenters. The molecule has 1 heteroatoms. The van der Waals surface area contributed by atoms with Crippen molar-refractivity contribution in [3.05, 3.63) is 24.3 Å². The molecule has 94 valence electrons. The molecule has 0 fully saturated rings. The Balaban J connectivity index is 4.40. The average molecular weight is 223 g/mol. The van der Waals surface area contributed by atoms with Crippen molar-refractivity contribution >= 4 is 0 Å². The van der Waals surface area contributed by atoms with Crippen LogP contribution in [0.15, 0.2) is 24.3 Å². The maximum absolute atomic E-state index is 4.02. The summed E-state index contributed by atoms with van der Waals surface area (Å²) in [6, 6.07) is 0.643. The number of hydrogen-bond acceptors (Lipinski definition) is 1. The minimum Gasteiger partial charge on any atom is -0.303 e. The summed E-state index contributed by atoms with van der Waals surface area (Å²) < 4.78 is 0. The Bertz CT molecular complexity index is 217. The van der Waals surface area contributed by atoms with Crippen molar-refractivity contribution in [2.24, 2.45) is 5.92 Å². The molecule has 0 aromatic carbocycles. The minimum absolute atomic E-state index is 0.643. The van der Waals surface area contributed by atoms with Gasteiger partial charge in [-0.05, 0) is 45.7 Å². The third kappa shape index (κ3) is 6.12. The lowest BCUT2D eigenvalue weighted by atomic mass is 9.91. The maximum Gasteiger partial charge on any atom is 0.0155 e. The van der Waals surface area contributed by atoms with Crippen molar-refractivity contribution in [2.75, 3.05) is 13.6 Å². The molecule has 16 heavy (non-hydrogen) atoms. The van der Waals surface area contributed by atoms with E-state index in [0.717, 1.165) is 25.8 Å². The normalized spacial score (nSPS) is 15.6. The molecule has 0 bridgehead atoms. The molecule has 0 radical (unpaired) electrons. The average Bonchev–Trinajstić information content (AvgIpc) is 2.22. The molecule has 0 aromatic rings. The van der Waals surface area contributed by atoms with Gasteiger partial charge in [-0.1, -0.05) is 38.5 Å². The van der Waals surface area contributed by atoms with Gasteiger partial charge in [0.1, 0.15) is 0 Å². The van der Waals surface area contributed by atoms with Gasteiger partial charge in [0.15, 0.2) is 0 Å². The van der Waals surface area contributed by atoms with Crippen LogP contribution in [0.3, 0.4) is 0 Å². The largest absolute Gasteiger partial charge is 0.303 e. The van der Waals surface area contributed by atoms with Crippen LogP contribution in [0.5, 0.6) is 0 Å². The SMILES string of the molecule is C=C(C)C[C@H](C)C(C/C=C\CC)N(C)CC. The highest BCUT2D eigenvalue weighted by Gasteiger charge is 2.19. The minimum atomic E-state index is 0.643. The van der Waals surface area contributed by atoms with Crippen LogP contribution in [0.1, 0.15) is 47.0 Å². The van der Waals surface area contributed by atoms with Gasteiger partial charge in [-0.2, -0.15) is 0 Å². The third-order valence-corrected chi connectivity index (χ3v) is 3.17. The summed E-state index contributed by atoms with van der Waals surface area (Å²) in [6.45, 7) is 14.0. The summed E-state index contributed by atoms with van der Waals surface area (Å²) in [5, 5.41) is 0. The molecule has 0 saturated heterocycles. The Morgan fingerprint density at radius 1 is 1.31 bits per heavy atom. The topological polar surface area (TPSA) is 3.24 Å². The van der Waals surface area contributed by atoms with Crippen molar-refractivity contribution in [3.63, 3.8) is 0 Å². The first-order valence-electron chi connectivity index (χ1n) is 6.52. The second-order valence-electron chi connectivity index (χ2n) is 4.89. The number of allylic oxidation sites excluding steroid dienone is 2. The van der Waals surface area contributed by atoms with Crippen molar-refractivity contribution in [1.82, 2.24) is 4.90 Å². The summed E-state index contributed by atoms with van der Waals surface area (Å²) >= 11 is 0. The van der Waals surface area contributed by atoms with Crippen LogP contribution < -0.4 is 0 Å². The van der Waals surface area contributed by atoms with Crippen LogP contribution in [-0.4, -0.2) is 24.5 Å². The Kier molecular flexibility index (Phi) is 8.28. The quantitative estimate of drug-likeness (QED) is 0.556. The molecule has 0 saturated carbocycles. The van der Waals surface area contributed by atoms with E-state index in [1.807, 2.05) is 0 Å². The molecule has 0 aromatic heterocycles. The lowest BCUT2D eigenvalue weighted by Crippen LogP contribution is -2.36. The van der Waals surface area contributed by atoms with E-state index in [2.05, 4.69) is 58.4 Å². The molecule has 0 spiro atoms. The van der Waals surface area contributed by atoms with E-state index in [4.69, 9.17) is 0 Å². The van der Waals surface area contributed by atoms with Gasteiger partial charge < -0.3 is 4.90 Å². The second kappa shape index (κ2) is 8.58. The fraction of sp³-hybridized carbons (Fsp3) is 0.733. The van der Waals surface area contributed by atoms with Crippen LogP contribution in [0.25, 0.3) is 0 Å². The summed E-state index contributed by atoms with van der Waals surface area (Å²) in [6.07, 6.45) is 8.02. The second-order valence-corrected chi connectivity index (χ2v) is 4.89. The molecule has 0 aliphatic rings. The van der Waals surface area contributed by atoms with E-state index >= 15 is 0 Å². The van der Waals surface area contributed by atoms with Crippen LogP contribution in [0, 0.1) is 5.92 Å². The lowest BCUT2D eigenvalue weighted by Gasteiger charge is -2.31. The molecule has 0 aliphatic carbocycles. The third-order valence-electron chi connectivity index (χ3n) is 3.17. The molecule has 0 aliphatic heterocycles. The molecular formula is C15H29N. The van der Waals surface area contributed by atoms with Crippen LogP contribution in [0.4, 0.5) is 0 Å². The van der Waals surface area contributed by atoms with Crippen LogP contribution in [-0.2, 0) is 0 Å². The van der Waals surface area contributed by atoms with Crippen molar-refractivity contribution in [2.45, 2.75) is 53.0 Å². The lowest BCUT2D eigenvalue weighted by molar-refractivity contribution is 0.192. The fourth-order valence-corrected chi connectivity index (χ4v) is 2.17. The van der Waals surface area contributed by atoms with Gasteiger partial charge in [0.25, 0.3) is 0 Å². The zero-order valence-corrected chi connectivity index (χ0v) is 11.8. The highest BCUT2D eigenvalue weighted by atomic mass is 15.1. The van der Waals surface area contributed by atoms with Gasteiger partial charge >= 0.3 is 0 Å². The highest BCUT2D eigenvalue weighted by molar-refractivity contribution is 4.95. The Morgan fingerprint density at radius 3 is 2.38 bits per heavy atom. The van der Waals surface area contributed by atoms with Crippen molar-refractivity contribution < 1.29 is 0 Å². The van der Waals surface area contributed by atoms with E-state index in [1.54, 1.807) is 0 Å². The molecule has 0 heterocycles. The van der Waals surface area contributed by atoms with Crippen LogP contribution >= 0.6 is 0 Å². The number of nitrogens with zero attached hydrogens (tertiary/aromatic N) is 1. The van der Waals surface area contributed by atoms with Gasteiger partial charge in [-0.25, -0.2) is 0 Å². The Morgan fingerprint density at radius 2 is 1.94 bits per heavy atom. The fourth-order valence-electron chi connectivity index (χ4n) is 2.17. The maximum atomic E-state index is 4.02. The predicted octanol–water partition coefficient (Wildman–Crippen LogP) is 4.27. The van der Waals surface area contributed by atoms with Gasteiger partial charge in [-0.3, -0.25) is 0 Å². The van der Waals surface area contributed by atoms with Gasteiger partial charge in [0, 0.05) is 6.04 Å². The standard InChI is InChI=1S/C15H29N/c1-7-9-10-11-15(16(6)8-2)14(5)12-13(3)4/h9-10,14-15H,3,7-8,11-12H2,1-2,4-6H3/b10-9-/t14-,15?/m0/s1. The first kappa shape index (κ1) is 15.4. The van der Waals surface area contributed by atoms with E-state index in [9.17, 15) is 0 Å². The van der Waals surface area contributed by atoms with Crippen molar-refractivity contribution in [3.8, 4) is 0 Å². The molecule has 0 rings (SSSR count). The van der Waals surface area contributed by atoms with Gasteiger partial charge in [0.05, 0.1) is 0 Å². The van der Waals surface area contributed by atoms with E-state index in [-0.39, 0.29) is 0 Å². The zero-order valence-electron chi connectivity index (χ0n) is 11.8. The van der Waals surface area contributed by atoms with E-state index in [1.165, 1.54) is 5.57 Å². The number of hydrogen-bond donors (Lipinski definition) is 0. The molecule has 1 nitrogen and oxygen atoms in total. The number of rotatable bonds is 8. The Hall–Kier alpha value is -0.560. The van der Waals surface area contributed by atoms with Gasteiger partial charge in [0.2, 0.25) is 0 Å². The Labute approximate surface area is 102 Å². The summed E-state index contributed by atoms with van der Waals surface area (Å²) in [5.74, 6) is 0.684. The summed E-state index contributed by atoms with van der Waals surface area (Å²) in [5.41, 5.74) is 1.29. The molecule has 0 N–H and O–H groups in total. The molecule has 0 amide bonds. The molecule has 1 unspecified atom stereocenters. The highest BCUT2D eigenvalue weighted by Crippen LogP contribution is 2.20. The predicted molar refractivity (Wildman–Crippen MR) is 74.7 cm³/mol. The van der Waals surface area contributed by atoms with Crippen molar-refractivity contribution in [1.29, 1.82) is 0 Å². The first-order chi connectivity index (χ1) is 7.52. The first-order valence-corrected chi connectivity index (χ1v) is 6.52. The van der Waals surface area contributed by atoms with E-state index in [0.29, 0.717) is 12.0 Å². The molecular weight excluding hydrogens is 194 g/mol. The van der Waals surface area contributed by atoms with Crippen LogP contribution in [0.2, 0.25) is 0 Å². The monoisotopic (exact) mass is 223 g/mol. The summed E-state index contributed by atoms with van der Waals surface area (Å²) in [4.78, 5) is 2.45. The van der Waals surface area contributed by atoms with E-state index < -0.39 is 0 Å².